The molecule has 1 N–H and O–H groups in total. The molecule has 21 heavy (non-hydrogen) atoms. The minimum Gasteiger partial charge on any atom is -0.318 e. The summed E-state index contributed by atoms with van der Waals surface area (Å²) < 4.78 is 0. The van der Waals surface area contributed by atoms with Crippen molar-refractivity contribution >= 4 is 17.2 Å². The fraction of sp³-hybridized carbons (Fsp3) is 0.706. The molecule has 1 fully saturated rings. The number of nitrogens with one attached hydrogen (secondary N) is 1. The smallest absolute Gasteiger partial charge is 0.241 e. The Labute approximate surface area is 132 Å². The highest BCUT2D eigenvalue weighted by Gasteiger charge is 2.43. The van der Waals surface area contributed by atoms with Crippen molar-refractivity contribution in [3.8, 4) is 0 Å². The highest BCUT2D eigenvalue weighted by atomic mass is 32.1. The molecular weight excluding hydrogens is 280 g/mol. The minimum atomic E-state index is -0.0401. The topological polar surface area (TPSA) is 32.3 Å². The Kier molecular flexibility index (Phi) is 5.44. The number of hydrogen-bond acceptors (Lipinski definition) is 3. The van der Waals surface area contributed by atoms with Crippen molar-refractivity contribution in [3.63, 3.8) is 0 Å². The molecule has 2 heterocycles. The van der Waals surface area contributed by atoms with Crippen LogP contribution in [0.1, 0.15) is 62.9 Å². The molecular formula is C17H28N2OS. The molecule has 0 saturated carbocycles. The van der Waals surface area contributed by atoms with E-state index in [1.807, 2.05) is 0 Å². The second kappa shape index (κ2) is 6.93. The quantitative estimate of drug-likeness (QED) is 0.858. The standard InChI is InChI=1S/C17H28N2OS/c1-6-8-12(4)19-16(14-10-9-13(5)21-14)18-15(17(19)20)11(3)7-2/h9-12,15-16,18H,6-8H2,1-5H3. The molecule has 1 aromatic heterocycles. The molecule has 0 bridgehead atoms. The monoisotopic (exact) mass is 308 g/mol. The zero-order chi connectivity index (χ0) is 15.6. The van der Waals surface area contributed by atoms with Crippen LogP contribution in [0.5, 0.6) is 0 Å². The van der Waals surface area contributed by atoms with Gasteiger partial charge in [0.1, 0.15) is 6.17 Å². The molecule has 4 heteroatoms. The summed E-state index contributed by atoms with van der Waals surface area (Å²) in [5, 5.41) is 3.60. The molecule has 0 aromatic carbocycles. The molecule has 4 atom stereocenters. The molecule has 1 aromatic rings. The third-order valence-electron chi connectivity index (χ3n) is 4.56. The molecule has 4 unspecified atom stereocenters. The number of carbonyl (C=O) groups is 1. The van der Waals surface area contributed by atoms with E-state index in [0.717, 1.165) is 19.3 Å². The van der Waals surface area contributed by atoms with Crippen LogP contribution in [-0.4, -0.2) is 22.9 Å². The molecule has 1 amide bonds. The molecule has 0 spiro atoms. The van der Waals surface area contributed by atoms with E-state index in [1.54, 1.807) is 11.3 Å². The molecule has 3 nitrogen and oxygen atoms in total. The first-order valence-electron chi connectivity index (χ1n) is 8.14. The average Bonchev–Trinajstić information content (AvgIpc) is 3.02. The van der Waals surface area contributed by atoms with Gasteiger partial charge in [-0.25, -0.2) is 0 Å². The van der Waals surface area contributed by atoms with E-state index in [9.17, 15) is 4.79 Å². The van der Waals surface area contributed by atoms with Crippen LogP contribution in [0.2, 0.25) is 0 Å². The molecule has 0 radical (unpaired) electrons. The lowest BCUT2D eigenvalue weighted by Crippen LogP contribution is -2.39. The second-order valence-corrected chi connectivity index (χ2v) is 7.58. The van der Waals surface area contributed by atoms with Crippen molar-refractivity contribution in [3.05, 3.63) is 21.9 Å². The molecule has 1 aliphatic heterocycles. The van der Waals surface area contributed by atoms with Crippen molar-refractivity contribution in [2.45, 2.75) is 72.1 Å². The second-order valence-electron chi connectivity index (χ2n) is 6.26. The summed E-state index contributed by atoms with van der Waals surface area (Å²) in [6.45, 7) is 10.8. The van der Waals surface area contributed by atoms with Crippen LogP contribution in [0.3, 0.4) is 0 Å². The Balaban J connectivity index is 2.29. The van der Waals surface area contributed by atoms with Crippen LogP contribution in [0.25, 0.3) is 0 Å². The van der Waals surface area contributed by atoms with E-state index < -0.39 is 0 Å². The van der Waals surface area contributed by atoms with Gasteiger partial charge < -0.3 is 4.90 Å². The molecule has 118 valence electrons. The first-order chi connectivity index (χ1) is 9.99. The van der Waals surface area contributed by atoms with Crippen molar-refractivity contribution in [1.29, 1.82) is 0 Å². The molecule has 0 aliphatic carbocycles. The lowest BCUT2D eigenvalue weighted by atomic mass is 9.99. The maximum Gasteiger partial charge on any atom is 0.241 e. The highest BCUT2D eigenvalue weighted by molar-refractivity contribution is 7.12. The van der Waals surface area contributed by atoms with Gasteiger partial charge in [-0.3, -0.25) is 10.1 Å². The van der Waals surface area contributed by atoms with Gasteiger partial charge in [-0.05, 0) is 38.3 Å². The van der Waals surface area contributed by atoms with Gasteiger partial charge in [0.05, 0.1) is 6.04 Å². The van der Waals surface area contributed by atoms with Crippen molar-refractivity contribution in [2.24, 2.45) is 5.92 Å². The van der Waals surface area contributed by atoms with Gasteiger partial charge in [-0.15, -0.1) is 11.3 Å². The lowest BCUT2D eigenvalue weighted by molar-refractivity contribution is -0.133. The minimum absolute atomic E-state index is 0.0401. The third kappa shape index (κ3) is 3.32. The number of carbonyl (C=O) groups excluding carboxylic acids is 1. The Morgan fingerprint density at radius 3 is 2.57 bits per heavy atom. The van der Waals surface area contributed by atoms with Gasteiger partial charge >= 0.3 is 0 Å². The fourth-order valence-electron chi connectivity index (χ4n) is 3.10. The summed E-state index contributed by atoms with van der Waals surface area (Å²) in [6.07, 6.45) is 3.24. The highest BCUT2D eigenvalue weighted by Crippen LogP contribution is 2.35. The Morgan fingerprint density at radius 2 is 2.05 bits per heavy atom. The number of hydrogen-bond donors (Lipinski definition) is 1. The van der Waals surface area contributed by atoms with Crippen molar-refractivity contribution in [2.75, 3.05) is 0 Å². The van der Waals surface area contributed by atoms with Crippen LogP contribution in [0, 0.1) is 12.8 Å². The Hall–Kier alpha value is -0.870. The summed E-state index contributed by atoms with van der Waals surface area (Å²) in [7, 11) is 0. The number of thiophene rings is 1. The van der Waals surface area contributed by atoms with Crippen LogP contribution in [0.15, 0.2) is 12.1 Å². The van der Waals surface area contributed by atoms with E-state index >= 15 is 0 Å². The van der Waals surface area contributed by atoms with Crippen LogP contribution in [0.4, 0.5) is 0 Å². The zero-order valence-electron chi connectivity index (χ0n) is 13.8. The summed E-state index contributed by atoms with van der Waals surface area (Å²) in [6, 6.07) is 4.55. The fourth-order valence-corrected chi connectivity index (χ4v) is 4.04. The van der Waals surface area contributed by atoms with Crippen LogP contribution >= 0.6 is 11.3 Å². The SMILES string of the molecule is CCCC(C)N1C(=O)C(C(C)CC)NC1c1ccc(C)s1. The maximum absolute atomic E-state index is 12.9. The maximum atomic E-state index is 12.9. The summed E-state index contributed by atoms with van der Waals surface area (Å²) in [5.41, 5.74) is 0. The van der Waals surface area contributed by atoms with Gasteiger partial charge in [0.25, 0.3) is 0 Å². The van der Waals surface area contributed by atoms with Gasteiger partial charge in [-0.1, -0.05) is 33.6 Å². The van der Waals surface area contributed by atoms with E-state index in [1.165, 1.54) is 9.75 Å². The van der Waals surface area contributed by atoms with E-state index in [2.05, 4.69) is 57.0 Å². The van der Waals surface area contributed by atoms with E-state index in [0.29, 0.717) is 5.92 Å². The largest absolute Gasteiger partial charge is 0.318 e. The average molecular weight is 308 g/mol. The van der Waals surface area contributed by atoms with E-state index in [4.69, 9.17) is 0 Å². The third-order valence-corrected chi connectivity index (χ3v) is 5.61. The number of aryl methyl sites for hydroxylation is 1. The Bertz CT molecular complexity index is 485. The number of nitrogens with zero attached hydrogens (tertiary/aromatic N) is 1. The Morgan fingerprint density at radius 1 is 1.33 bits per heavy atom. The predicted molar refractivity (Wildman–Crippen MR) is 89.4 cm³/mol. The zero-order valence-corrected chi connectivity index (χ0v) is 14.7. The summed E-state index contributed by atoms with van der Waals surface area (Å²) >= 11 is 1.79. The van der Waals surface area contributed by atoms with Gasteiger partial charge in [0.2, 0.25) is 5.91 Å². The first-order valence-corrected chi connectivity index (χ1v) is 8.95. The van der Waals surface area contributed by atoms with Crippen LogP contribution in [-0.2, 0) is 4.79 Å². The van der Waals surface area contributed by atoms with Gasteiger partial charge in [0, 0.05) is 15.8 Å². The number of amides is 1. The van der Waals surface area contributed by atoms with Gasteiger partial charge in [-0.2, -0.15) is 0 Å². The lowest BCUT2D eigenvalue weighted by Gasteiger charge is -2.29. The first kappa shape index (κ1) is 16.5. The predicted octanol–water partition coefficient (Wildman–Crippen LogP) is 4.09. The molecule has 2 rings (SSSR count). The van der Waals surface area contributed by atoms with Gasteiger partial charge in [0.15, 0.2) is 0 Å². The normalized spacial score (nSPS) is 25.4. The number of rotatable bonds is 6. The van der Waals surface area contributed by atoms with Crippen LogP contribution < -0.4 is 5.32 Å². The van der Waals surface area contributed by atoms with E-state index in [-0.39, 0.29) is 24.2 Å². The molecule has 1 saturated heterocycles. The van der Waals surface area contributed by atoms with Crippen molar-refractivity contribution < 1.29 is 4.79 Å². The summed E-state index contributed by atoms with van der Waals surface area (Å²) in [4.78, 5) is 17.5. The summed E-state index contributed by atoms with van der Waals surface area (Å²) in [5.74, 6) is 0.654. The molecule has 1 aliphatic rings. The van der Waals surface area contributed by atoms with Crippen molar-refractivity contribution in [1.82, 2.24) is 10.2 Å².